The lowest BCUT2D eigenvalue weighted by molar-refractivity contribution is -0.129. The van der Waals surface area contributed by atoms with Gasteiger partial charge in [-0.2, -0.15) is 0 Å². The zero-order valence-electron chi connectivity index (χ0n) is 17.0. The van der Waals surface area contributed by atoms with E-state index in [1.165, 1.54) is 0 Å². The molecule has 30 heavy (non-hydrogen) atoms. The van der Waals surface area contributed by atoms with Crippen LogP contribution >= 0.6 is 0 Å². The van der Waals surface area contributed by atoms with E-state index in [1.807, 2.05) is 24.3 Å². The SMILES string of the molecule is CNC(=O)C1(Cc2cccc(-c3ccccc3)c2)CCN(C(=O)c2ccccn2)C1. The van der Waals surface area contributed by atoms with Gasteiger partial charge in [0.25, 0.3) is 5.91 Å². The molecule has 3 aromatic rings. The van der Waals surface area contributed by atoms with Gasteiger partial charge in [0.15, 0.2) is 0 Å². The number of rotatable bonds is 5. The van der Waals surface area contributed by atoms with Crippen LogP contribution in [0.25, 0.3) is 11.1 Å². The molecule has 1 aliphatic heterocycles. The second-order valence-electron chi connectivity index (χ2n) is 7.79. The van der Waals surface area contributed by atoms with E-state index < -0.39 is 5.41 Å². The molecule has 0 spiro atoms. The minimum Gasteiger partial charge on any atom is -0.359 e. The Labute approximate surface area is 176 Å². The van der Waals surface area contributed by atoms with Crippen LogP contribution in [0.2, 0.25) is 0 Å². The van der Waals surface area contributed by atoms with Crippen LogP contribution in [-0.2, 0) is 11.2 Å². The number of carbonyl (C=O) groups is 2. The summed E-state index contributed by atoms with van der Waals surface area (Å²) in [6.45, 7) is 0.929. The number of benzene rings is 2. The smallest absolute Gasteiger partial charge is 0.272 e. The first-order valence-electron chi connectivity index (χ1n) is 10.2. The summed E-state index contributed by atoms with van der Waals surface area (Å²) in [4.78, 5) is 31.7. The first kappa shape index (κ1) is 19.8. The molecule has 1 N–H and O–H groups in total. The van der Waals surface area contributed by atoms with Crippen molar-refractivity contribution in [2.45, 2.75) is 12.8 Å². The molecule has 0 aliphatic carbocycles. The van der Waals surface area contributed by atoms with Crippen molar-refractivity contribution in [3.63, 3.8) is 0 Å². The van der Waals surface area contributed by atoms with E-state index in [-0.39, 0.29) is 11.8 Å². The number of aromatic nitrogens is 1. The molecule has 0 radical (unpaired) electrons. The van der Waals surface area contributed by atoms with Crippen LogP contribution in [0.15, 0.2) is 79.0 Å². The largest absolute Gasteiger partial charge is 0.359 e. The fourth-order valence-corrected chi connectivity index (χ4v) is 4.25. The number of likely N-dealkylation sites (tertiary alicyclic amines) is 1. The van der Waals surface area contributed by atoms with Gasteiger partial charge in [-0.1, -0.05) is 60.7 Å². The number of hydrogen-bond acceptors (Lipinski definition) is 3. The highest BCUT2D eigenvalue weighted by Gasteiger charge is 2.45. The van der Waals surface area contributed by atoms with Gasteiger partial charge in [0.05, 0.1) is 5.41 Å². The van der Waals surface area contributed by atoms with Crippen molar-refractivity contribution in [3.8, 4) is 11.1 Å². The third kappa shape index (κ3) is 3.96. The molecular formula is C25H25N3O2. The molecule has 1 saturated heterocycles. The lowest BCUT2D eigenvalue weighted by Gasteiger charge is -2.28. The molecule has 1 aromatic heterocycles. The highest BCUT2D eigenvalue weighted by Crippen LogP contribution is 2.36. The van der Waals surface area contributed by atoms with E-state index in [0.29, 0.717) is 31.6 Å². The molecule has 2 heterocycles. The summed E-state index contributed by atoms with van der Waals surface area (Å²) in [5.74, 6) is -0.150. The summed E-state index contributed by atoms with van der Waals surface area (Å²) < 4.78 is 0. The molecule has 5 heteroatoms. The van der Waals surface area contributed by atoms with Crippen LogP contribution in [0, 0.1) is 5.41 Å². The standard InChI is InChI=1S/C25H25N3O2/c1-26-24(30)25(13-15-28(18-25)23(29)22-12-5-6-14-27-22)17-19-8-7-11-21(16-19)20-9-3-2-4-10-20/h2-12,14,16H,13,15,17-18H2,1H3,(H,26,30). The molecule has 5 nitrogen and oxygen atoms in total. The van der Waals surface area contributed by atoms with Gasteiger partial charge in [-0.05, 0) is 41.7 Å². The second-order valence-corrected chi connectivity index (χ2v) is 7.79. The molecule has 1 atom stereocenters. The number of carbonyl (C=O) groups excluding carboxylic acids is 2. The summed E-state index contributed by atoms with van der Waals surface area (Å²) in [6, 6.07) is 23.8. The third-order valence-electron chi connectivity index (χ3n) is 5.81. The predicted octanol–water partition coefficient (Wildman–Crippen LogP) is 3.57. The Morgan fingerprint density at radius 1 is 1.00 bits per heavy atom. The van der Waals surface area contributed by atoms with E-state index >= 15 is 0 Å². The number of pyridine rings is 1. The van der Waals surface area contributed by atoms with Crippen molar-refractivity contribution in [2.24, 2.45) is 5.41 Å². The maximum absolute atomic E-state index is 12.9. The van der Waals surface area contributed by atoms with Gasteiger partial charge in [0, 0.05) is 26.3 Å². The second kappa shape index (κ2) is 8.49. The number of nitrogens with one attached hydrogen (secondary N) is 1. The Bertz CT molecular complexity index is 1040. The van der Waals surface area contributed by atoms with Gasteiger partial charge in [-0.15, -0.1) is 0 Å². The topological polar surface area (TPSA) is 62.3 Å². The van der Waals surface area contributed by atoms with Crippen molar-refractivity contribution in [1.29, 1.82) is 0 Å². The van der Waals surface area contributed by atoms with Gasteiger partial charge >= 0.3 is 0 Å². The predicted molar refractivity (Wildman–Crippen MR) is 117 cm³/mol. The minimum atomic E-state index is -0.644. The average molecular weight is 399 g/mol. The Balaban J connectivity index is 1.59. The fraction of sp³-hybridized carbons (Fsp3) is 0.240. The average Bonchev–Trinajstić information content (AvgIpc) is 3.24. The molecule has 4 rings (SSSR count). The zero-order chi connectivity index (χ0) is 21.0. The van der Waals surface area contributed by atoms with Crippen molar-refractivity contribution >= 4 is 11.8 Å². The fourth-order valence-electron chi connectivity index (χ4n) is 4.25. The van der Waals surface area contributed by atoms with Crippen LogP contribution in [0.5, 0.6) is 0 Å². The highest BCUT2D eigenvalue weighted by atomic mass is 16.2. The van der Waals surface area contributed by atoms with Gasteiger partial charge in [0.2, 0.25) is 5.91 Å². The van der Waals surface area contributed by atoms with Crippen molar-refractivity contribution in [1.82, 2.24) is 15.2 Å². The van der Waals surface area contributed by atoms with E-state index in [0.717, 1.165) is 16.7 Å². The molecule has 152 valence electrons. The van der Waals surface area contributed by atoms with Crippen LogP contribution in [0.3, 0.4) is 0 Å². The first-order chi connectivity index (χ1) is 14.6. The molecule has 1 unspecified atom stereocenters. The summed E-state index contributed by atoms with van der Waals surface area (Å²) >= 11 is 0. The molecule has 2 aromatic carbocycles. The molecule has 1 fully saturated rings. The van der Waals surface area contributed by atoms with Crippen molar-refractivity contribution in [2.75, 3.05) is 20.1 Å². The summed E-state index contributed by atoms with van der Waals surface area (Å²) in [7, 11) is 1.66. The van der Waals surface area contributed by atoms with Gasteiger partial charge in [-0.25, -0.2) is 0 Å². The Morgan fingerprint density at radius 2 is 1.77 bits per heavy atom. The minimum absolute atomic E-state index is 0.0241. The maximum atomic E-state index is 12.9. The van der Waals surface area contributed by atoms with Crippen molar-refractivity contribution in [3.05, 3.63) is 90.3 Å². The quantitative estimate of drug-likeness (QED) is 0.713. The zero-order valence-corrected chi connectivity index (χ0v) is 17.0. The van der Waals surface area contributed by atoms with E-state index in [4.69, 9.17) is 0 Å². The molecule has 1 aliphatic rings. The van der Waals surface area contributed by atoms with E-state index in [1.54, 1.807) is 36.3 Å². The van der Waals surface area contributed by atoms with E-state index in [9.17, 15) is 9.59 Å². The lowest BCUT2D eigenvalue weighted by Crippen LogP contribution is -2.44. The van der Waals surface area contributed by atoms with Gasteiger partial charge in [0.1, 0.15) is 5.69 Å². The van der Waals surface area contributed by atoms with Crippen LogP contribution in [-0.4, -0.2) is 41.8 Å². The Hall–Kier alpha value is -3.47. The number of hydrogen-bond donors (Lipinski definition) is 1. The molecule has 2 amide bonds. The Morgan fingerprint density at radius 3 is 2.50 bits per heavy atom. The van der Waals surface area contributed by atoms with Crippen LogP contribution in [0.1, 0.15) is 22.5 Å². The molecule has 0 saturated carbocycles. The molecule has 0 bridgehead atoms. The van der Waals surface area contributed by atoms with Gasteiger partial charge in [-0.3, -0.25) is 14.6 Å². The molecular weight excluding hydrogens is 374 g/mol. The lowest BCUT2D eigenvalue weighted by atomic mass is 9.79. The van der Waals surface area contributed by atoms with Crippen LogP contribution < -0.4 is 5.32 Å². The third-order valence-corrected chi connectivity index (χ3v) is 5.81. The monoisotopic (exact) mass is 399 g/mol. The number of amides is 2. The van der Waals surface area contributed by atoms with Crippen LogP contribution in [0.4, 0.5) is 0 Å². The first-order valence-corrected chi connectivity index (χ1v) is 10.2. The normalized spacial score (nSPS) is 18.2. The van der Waals surface area contributed by atoms with Crippen molar-refractivity contribution < 1.29 is 9.59 Å². The summed E-state index contributed by atoms with van der Waals surface area (Å²) in [5.41, 5.74) is 3.13. The van der Waals surface area contributed by atoms with E-state index in [2.05, 4.69) is 40.6 Å². The number of nitrogens with zero attached hydrogens (tertiary/aromatic N) is 2. The highest BCUT2D eigenvalue weighted by molar-refractivity contribution is 5.93. The summed E-state index contributed by atoms with van der Waals surface area (Å²) in [5, 5.41) is 2.82. The maximum Gasteiger partial charge on any atom is 0.272 e. The Kier molecular flexibility index (Phi) is 5.61. The summed E-state index contributed by atoms with van der Waals surface area (Å²) in [6.07, 6.45) is 2.82. The van der Waals surface area contributed by atoms with Gasteiger partial charge < -0.3 is 10.2 Å².